The molecular formula is C21H24ClN3O4. The van der Waals surface area contributed by atoms with E-state index in [1.807, 2.05) is 24.0 Å². The number of rotatable bonds is 6. The number of hydrogen-bond acceptors (Lipinski definition) is 7. The van der Waals surface area contributed by atoms with Gasteiger partial charge in [0.25, 0.3) is 6.01 Å². The van der Waals surface area contributed by atoms with Crippen LogP contribution in [0.15, 0.2) is 39.6 Å². The number of oxazole rings is 1. The van der Waals surface area contributed by atoms with Crippen molar-refractivity contribution in [3.63, 3.8) is 0 Å². The first-order chi connectivity index (χ1) is 14.1. The minimum absolute atomic E-state index is 0.0928. The molecule has 154 valence electrons. The number of furan rings is 1. The van der Waals surface area contributed by atoms with Crippen LogP contribution in [0, 0.1) is 0 Å². The number of nitrogens with zero attached hydrogens (tertiary/aromatic N) is 2. The molecule has 0 bridgehead atoms. The van der Waals surface area contributed by atoms with Gasteiger partial charge in [0.15, 0.2) is 5.58 Å². The van der Waals surface area contributed by atoms with Gasteiger partial charge in [0.2, 0.25) is 0 Å². The Labute approximate surface area is 174 Å². The molecule has 7 nitrogen and oxygen atoms in total. The number of piperazine rings is 1. The summed E-state index contributed by atoms with van der Waals surface area (Å²) in [4.78, 5) is 19.3. The van der Waals surface area contributed by atoms with Crippen molar-refractivity contribution in [3.05, 3.63) is 35.7 Å². The van der Waals surface area contributed by atoms with E-state index in [-0.39, 0.29) is 12.0 Å². The monoisotopic (exact) mass is 417 g/mol. The molecule has 8 heteroatoms. The highest BCUT2D eigenvalue weighted by Crippen LogP contribution is 2.35. The van der Waals surface area contributed by atoms with Crippen LogP contribution in [-0.2, 0) is 9.53 Å². The van der Waals surface area contributed by atoms with Crippen LogP contribution in [0.1, 0.15) is 26.7 Å². The zero-order valence-corrected chi connectivity index (χ0v) is 17.2. The first-order valence-electron chi connectivity index (χ1n) is 9.87. The van der Waals surface area contributed by atoms with E-state index in [4.69, 9.17) is 25.2 Å². The molecule has 0 amide bonds. The Balaban J connectivity index is 1.70. The number of carbonyl (C=O) groups is 1. The van der Waals surface area contributed by atoms with Gasteiger partial charge in [-0.3, -0.25) is 0 Å². The number of fused-ring (bicyclic) bond motifs is 1. The van der Waals surface area contributed by atoms with Gasteiger partial charge in [0.05, 0.1) is 19.1 Å². The lowest BCUT2D eigenvalue weighted by Crippen LogP contribution is -2.60. The van der Waals surface area contributed by atoms with Crippen molar-refractivity contribution in [2.45, 2.75) is 38.8 Å². The van der Waals surface area contributed by atoms with Crippen LogP contribution in [0.3, 0.4) is 0 Å². The van der Waals surface area contributed by atoms with Crippen LogP contribution in [0.25, 0.3) is 22.2 Å². The average molecular weight is 418 g/mol. The molecule has 1 aliphatic rings. The van der Waals surface area contributed by atoms with Crippen molar-refractivity contribution >= 4 is 34.7 Å². The van der Waals surface area contributed by atoms with Crippen LogP contribution >= 0.6 is 11.6 Å². The first-order valence-corrected chi connectivity index (χ1v) is 10.3. The van der Waals surface area contributed by atoms with Gasteiger partial charge in [-0.25, -0.2) is 4.79 Å². The minimum atomic E-state index is -0.512. The molecule has 2 unspecified atom stereocenters. The Kier molecular flexibility index (Phi) is 5.78. The van der Waals surface area contributed by atoms with E-state index in [1.54, 1.807) is 18.6 Å². The molecule has 2 aromatic heterocycles. The van der Waals surface area contributed by atoms with E-state index in [0.29, 0.717) is 41.8 Å². The van der Waals surface area contributed by atoms with Crippen molar-refractivity contribution in [1.29, 1.82) is 0 Å². The fourth-order valence-electron chi connectivity index (χ4n) is 3.62. The van der Waals surface area contributed by atoms with E-state index in [9.17, 15) is 4.79 Å². The Morgan fingerprint density at radius 2 is 2.31 bits per heavy atom. The fourth-order valence-corrected chi connectivity index (χ4v) is 3.84. The predicted molar refractivity (Wildman–Crippen MR) is 111 cm³/mol. The lowest BCUT2D eigenvalue weighted by molar-refractivity contribution is -0.146. The standard InChI is InChI=1S/C21H24ClN3O4/c1-3-4-8-28-20(26)18-13(2)23-6-7-25(18)21-24-17-11-15(22)10-16(19(17)29-21)14-5-9-27-12-14/h5,9-13,18,23H,3-4,6-8H2,1-2H3. The van der Waals surface area contributed by atoms with E-state index in [2.05, 4.69) is 17.2 Å². The highest BCUT2D eigenvalue weighted by Gasteiger charge is 2.38. The molecule has 2 atom stereocenters. The lowest BCUT2D eigenvalue weighted by atomic mass is 10.1. The number of halogens is 1. The van der Waals surface area contributed by atoms with Crippen LogP contribution in [0.5, 0.6) is 0 Å². The Morgan fingerprint density at radius 3 is 3.07 bits per heavy atom. The van der Waals surface area contributed by atoms with Crippen LogP contribution in [0.4, 0.5) is 6.01 Å². The van der Waals surface area contributed by atoms with Gasteiger partial charge in [-0.15, -0.1) is 0 Å². The SMILES string of the molecule is CCCCOC(=O)C1C(C)NCCN1c1nc2cc(Cl)cc(-c3ccoc3)c2o1. The summed E-state index contributed by atoms with van der Waals surface area (Å²) in [5.74, 6) is -0.270. The van der Waals surface area contributed by atoms with Gasteiger partial charge in [-0.2, -0.15) is 4.98 Å². The van der Waals surface area contributed by atoms with Crippen LogP contribution < -0.4 is 10.2 Å². The molecule has 0 saturated carbocycles. The van der Waals surface area contributed by atoms with Gasteiger partial charge in [0.1, 0.15) is 11.6 Å². The third kappa shape index (κ3) is 3.97. The third-order valence-corrected chi connectivity index (χ3v) is 5.35. The molecule has 3 heterocycles. The summed E-state index contributed by atoms with van der Waals surface area (Å²) >= 11 is 6.30. The van der Waals surface area contributed by atoms with Crippen molar-refractivity contribution in [1.82, 2.24) is 10.3 Å². The Morgan fingerprint density at radius 1 is 1.45 bits per heavy atom. The first kappa shape index (κ1) is 19.8. The molecule has 1 N–H and O–H groups in total. The third-order valence-electron chi connectivity index (χ3n) is 5.13. The van der Waals surface area contributed by atoms with Crippen LogP contribution in [-0.4, -0.2) is 42.7 Å². The van der Waals surface area contributed by atoms with Gasteiger partial charge < -0.3 is 23.8 Å². The second kappa shape index (κ2) is 8.47. The quantitative estimate of drug-likeness (QED) is 0.474. The Hall–Kier alpha value is -2.51. The molecule has 29 heavy (non-hydrogen) atoms. The van der Waals surface area contributed by atoms with E-state index in [0.717, 1.165) is 24.0 Å². The van der Waals surface area contributed by atoms with E-state index in [1.165, 1.54) is 0 Å². The smallest absolute Gasteiger partial charge is 0.330 e. The number of hydrogen-bond donors (Lipinski definition) is 1. The minimum Gasteiger partial charge on any atom is -0.472 e. The second-order valence-electron chi connectivity index (χ2n) is 7.21. The lowest BCUT2D eigenvalue weighted by Gasteiger charge is -2.37. The largest absolute Gasteiger partial charge is 0.472 e. The second-order valence-corrected chi connectivity index (χ2v) is 7.65. The van der Waals surface area contributed by atoms with Crippen LogP contribution in [0.2, 0.25) is 5.02 Å². The maximum Gasteiger partial charge on any atom is 0.330 e. The predicted octanol–water partition coefficient (Wildman–Crippen LogP) is 4.25. The highest BCUT2D eigenvalue weighted by atomic mass is 35.5. The summed E-state index contributed by atoms with van der Waals surface area (Å²) in [6.07, 6.45) is 5.04. The molecule has 1 saturated heterocycles. The van der Waals surface area contributed by atoms with Gasteiger partial charge in [-0.1, -0.05) is 24.9 Å². The maximum atomic E-state index is 12.8. The molecule has 0 spiro atoms. The Bertz CT molecular complexity index is 985. The summed E-state index contributed by atoms with van der Waals surface area (Å²) in [7, 11) is 0. The number of ether oxygens (including phenoxy) is 1. The molecule has 3 aromatic rings. The summed E-state index contributed by atoms with van der Waals surface area (Å²) in [6.45, 7) is 5.74. The number of aromatic nitrogens is 1. The highest BCUT2D eigenvalue weighted by molar-refractivity contribution is 6.31. The fraction of sp³-hybridized carbons (Fsp3) is 0.429. The topological polar surface area (TPSA) is 80.7 Å². The number of anilines is 1. The molecular weight excluding hydrogens is 394 g/mol. The van der Waals surface area contributed by atoms with E-state index < -0.39 is 6.04 Å². The molecule has 0 radical (unpaired) electrons. The molecule has 1 aromatic carbocycles. The summed E-state index contributed by atoms with van der Waals surface area (Å²) in [6, 6.07) is 5.20. The van der Waals surface area contributed by atoms with E-state index >= 15 is 0 Å². The summed E-state index contributed by atoms with van der Waals surface area (Å²) < 4.78 is 16.9. The summed E-state index contributed by atoms with van der Waals surface area (Å²) in [5.41, 5.74) is 2.89. The normalized spacial score (nSPS) is 19.6. The van der Waals surface area contributed by atoms with Gasteiger partial charge in [0, 0.05) is 35.3 Å². The van der Waals surface area contributed by atoms with Crippen molar-refractivity contribution in [3.8, 4) is 11.1 Å². The number of carbonyl (C=O) groups excluding carboxylic acids is 1. The van der Waals surface area contributed by atoms with Gasteiger partial charge >= 0.3 is 5.97 Å². The van der Waals surface area contributed by atoms with Crippen molar-refractivity contribution in [2.75, 3.05) is 24.6 Å². The molecule has 1 fully saturated rings. The van der Waals surface area contributed by atoms with Gasteiger partial charge in [-0.05, 0) is 31.5 Å². The van der Waals surface area contributed by atoms with Crippen molar-refractivity contribution in [2.24, 2.45) is 0 Å². The molecule has 1 aliphatic heterocycles. The maximum absolute atomic E-state index is 12.8. The number of nitrogens with one attached hydrogen (secondary N) is 1. The molecule has 0 aliphatic carbocycles. The van der Waals surface area contributed by atoms with Crippen molar-refractivity contribution < 1.29 is 18.4 Å². The molecule has 4 rings (SSSR count). The zero-order chi connectivity index (χ0) is 20.4. The number of esters is 1. The average Bonchev–Trinajstić information content (AvgIpc) is 3.37. The summed E-state index contributed by atoms with van der Waals surface area (Å²) in [5, 5.41) is 3.89. The number of unbranched alkanes of at least 4 members (excludes halogenated alkanes) is 1. The zero-order valence-electron chi connectivity index (χ0n) is 16.5. The number of benzene rings is 1.